The molecule has 2 aliphatic rings. The van der Waals surface area contributed by atoms with Crippen LogP contribution in [0.25, 0.3) is 0 Å². The number of aliphatic hydroxyl groups is 4. The van der Waals surface area contributed by atoms with Crippen molar-refractivity contribution in [1.29, 1.82) is 0 Å². The van der Waals surface area contributed by atoms with Crippen LogP contribution in [0.3, 0.4) is 0 Å². The van der Waals surface area contributed by atoms with Gasteiger partial charge in [-0.25, -0.2) is 0 Å². The highest BCUT2D eigenvalue weighted by Crippen LogP contribution is 2.40. The van der Waals surface area contributed by atoms with Crippen LogP contribution in [0.4, 0.5) is 13.2 Å². The molecule has 1 saturated heterocycles. The molecule has 5 nitrogen and oxygen atoms in total. The second-order valence-corrected chi connectivity index (χ2v) is 9.30. The van der Waals surface area contributed by atoms with Gasteiger partial charge >= 0.3 is 6.18 Å². The Morgan fingerprint density at radius 3 is 2.21 bits per heavy atom. The molecule has 2 aromatic carbocycles. The summed E-state index contributed by atoms with van der Waals surface area (Å²) < 4.78 is 43.9. The third-order valence-electron chi connectivity index (χ3n) is 7.02. The van der Waals surface area contributed by atoms with E-state index in [4.69, 9.17) is 4.74 Å². The van der Waals surface area contributed by atoms with Crippen molar-refractivity contribution in [3.8, 4) is 0 Å². The zero-order valence-electron chi connectivity index (χ0n) is 19.1. The molecule has 1 aliphatic heterocycles. The first-order chi connectivity index (χ1) is 16.1. The molecule has 0 radical (unpaired) electrons. The van der Waals surface area contributed by atoms with Crippen molar-refractivity contribution in [3.05, 3.63) is 69.3 Å². The molecule has 186 valence electrons. The Labute approximate surface area is 196 Å². The molecule has 0 spiro atoms. The van der Waals surface area contributed by atoms with Gasteiger partial charge in [-0.15, -0.1) is 0 Å². The fourth-order valence-corrected chi connectivity index (χ4v) is 5.38. The highest BCUT2D eigenvalue weighted by Gasteiger charge is 2.45. The lowest BCUT2D eigenvalue weighted by molar-refractivity contribution is -0.231. The van der Waals surface area contributed by atoms with Gasteiger partial charge in [-0.05, 0) is 71.0 Å². The molecule has 8 heteroatoms. The molecular weight excluding hydrogens is 449 g/mol. The first-order valence-corrected chi connectivity index (χ1v) is 11.7. The van der Waals surface area contributed by atoms with Crippen LogP contribution < -0.4 is 0 Å². The monoisotopic (exact) mass is 480 g/mol. The standard InChI is InChI=1S/C26H31F3O5/c1-2-17-19-5-3-4-18(19)16(10-14-6-8-15(9-7-14)12-26(27,28)29)11-20(17)25-24(33)23(32)22(31)21(13-30)34-25/h6-9,11,21-25,30-33H,2-5,10,12-13H2,1H3. The van der Waals surface area contributed by atoms with Gasteiger partial charge in [0.1, 0.15) is 30.5 Å². The van der Waals surface area contributed by atoms with Gasteiger partial charge in [0, 0.05) is 0 Å². The molecule has 5 unspecified atom stereocenters. The predicted molar refractivity (Wildman–Crippen MR) is 120 cm³/mol. The lowest BCUT2D eigenvalue weighted by Gasteiger charge is -2.41. The van der Waals surface area contributed by atoms with Crippen LogP contribution in [-0.2, 0) is 36.8 Å². The SMILES string of the molecule is CCc1c(C2OC(CO)C(O)C(O)C2O)cc(Cc2ccc(CC(F)(F)F)cc2)c2c1CCC2. The molecule has 1 heterocycles. The van der Waals surface area contributed by atoms with E-state index in [1.165, 1.54) is 23.3 Å². The van der Waals surface area contributed by atoms with E-state index in [1.807, 2.05) is 13.0 Å². The van der Waals surface area contributed by atoms with Crippen LogP contribution >= 0.6 is 0 Å². The van der Waals surface area contributed by atoms with E-state index >= 15 is 0 Å². The smallest absolute Gasteiger partial charge is 0.393 e. The summed E-state index contributed by atoms with van der Waals surface area (Å²) >= 11 is 0. The van der Waals surface area contributed by atoms with Gasteiger partial charge in [0.2, 0.25) is 0 Å². The summed E-state index contributed by atoms with van der Waals surface area (Å²) in [5, 5.41) is 40.9. The summed E-state index contributed by atoms with van der Waals surface area (Å²) in [5.41, 5.74) is 6.30. The Balaban J connectivity index is 1.70. The minimum Gasteiger partial charge on any atom is -0.394 e. The maximum atomic E-state index is 12.7. The van der Waals surface area contributed by atoms with Gasteiger partial charge < -0.3 is 25.2 Å². The number of fused-ring (bicyclic) bond motifs is 1. The van der Waals surface area contributed by atoms with Crippen molar-refractivity contribution >= 4 is 0 Å². The first-order valence-electron chi connectivity index (χ1n) is 11.7. The van der Waals surface area contributed by atoms with E-state index in [0.29, 0.717) is 12.8 Å². The quantitative estimate of drug-likeness (QED) is 0.511. The fourth-order valence-electron chi connectivity index (χ4n) is 5.38. The maximum absolute atomic E-state index is 12.7. The third-order valence-corrected chi connectivity index (χ3v) is 7.02. The average molecular weight is 481 g/mol. The average Bonchev–Trinajstić information content (AvgIpc) is 3.28. The van der Waals surface area contributed by atoms with Crippen LogP contribution in [0.15, 0.2) is 30.3 Å². The van der Waals surface area contributed by atoms with Crippen LogP contribution in [0.2, 0.25) is 0 Å². The number of benzene rings is 2. The van der Waals surface area contributed by atoms with E-state index in [9.17, 15) is 33.6 Å². The second kappa shape index (κ2) is 9.95. The zero-order valence-corrected chi connectivity index (χ0v) is 19.1. The van der Waals surface area contributed by atoms with Crippen molar-refractivity contribution in [2.75, 3.05) is 6.61 Å². The van der Waals surface area contributed by atoms with Crippen molar-refractivity contribution in [1.82, 2.24) is 0 Å². The lowest BCUT2D eigenvalue weighted by atomic mass is 9.83. The molecule has 0 saturated carbocycles. The van der Waals surface area contributed by atoms with E-state index in [1.54, 1.807) is 12.1 Å². The Morgan fingerprint density at radius 2 is 1.59 bits per heavy atom. The van der Waals surface area contributed by atoms with Crippen LogP contribution in [0.1, 0.15) is 58.4 Å². The summed E-state index contributed by atoms with van der Waals surface area (Å²) in [4.78, 5) is 0. The van der Waals surface area contributed by atoms with Crippen molar-refractivity contribution in [3.63, 3.8) is 0 Å². The maximum Gasteiger partial charge on any atom is 0.393 e. The van der Waals surface area contributed by atoms with Gasteiger partial charge in [-0.1, -0.05) is 37.3 Å². The number of hydrogen-bond donors (Lipinski definition) is 4. The molecule has 2 aromatic rings. The van der Waals surface area contributed by atoms with Gasteiger partial charge in [-0.2, -0.15) is 13.2 Å². The summed E-state index contributed by atoms with van der Waals surface area (Å²) in [6, 6.07) is 8.39. The highest BCUT2D eigenvalue weighted by molar-refractivity contribution is 5.51. The molecule has 4 N–H and O–H groups in total. The third kappa shape index (κ3) is 5.02. The van der Waals surface area contributed by atoms with Gasteiger partial charge in [0.15, 0.2) is 0 Å². The Morgan fingerprint density at radius 1 is 0.941 bits per heavy atom. The number of rotatable bonds is 6. The summed E-state index contributed by atoms with van der Waals surface area (Å²) in [7, 11) is 0. The van der Waals surface area contributed by atoms with Gasteiger partial charge in [-0.3, -0.25) is 0 Å². The van der Waals surface area contributed by atoms with Crippen molar-refractivity contribution in [2.45, 2.75) is 82.1 Å². The van der Waals surface area contributed by atoms with Crippen molar-refractivity contribution in [2.24, 2.45) is 0 Å². The summed E-state index contributed by atoms with van der Waals surface area (Å²) in [5.74, 6) is 0. The van der Waals surface area contributed by atoms with E-state index in [2.05, 4.69) is 0 Å². The van der Waals surface area contributed by atoms with Gasteiger partial charge in [0.25, 0.3) is 0 Å². The molecular formula is C26H31F3O5. The molecule has 34 heavy (non-hydrogen) atoms. The van der Waals surface area contributed by atoms with E-state index in [-0.39, 0.29) is 5.56 Å². The first kappa shape index (κ1) is 25.1. The summed E-state index contributed by atoms with van der Waals surface area (Å²) in [6.07, 6.45) is -7.40. The normalized spacial score (nSPS) is 27.1. The van der Waals surface area contributed by atoms with E-state index < -0.39 is 49.7 Å². The minimum absolute atomic E-state index is 0.213. The van der Waals surface area contributed by atoms with Crippen LogP contribution in [0.5, 0.6) is 0 Å². The Hall–Kier alpha value is -1.97. The second-order valence-electron chi connectivity index (χ2n) is 9.30. The minimum atomic E-state index is -4.25. The zero-order chi connectivity index (χ0) is 24.6. The molecule has 4 rings (SSSR count). The summed E-state index contributed by atoms with van der Waals surface area (Å²) in [6.45, 7) is 1.52. The molecule has 1 aliphatic carbocycles. The molecule has 0 aromatic heterocycles. The topological polar surface area (TPSA) is 90.2 Å². The molecule has 5 atom stereocenters. The lowest BCUT2D eigenvalue weighted by Crippen LogP contribution is -2.55. The van der Waals surface area contributed by atoms with Crippen LogP contribution in [-0.4, -0.2) is 57.6 Å². The number of alkyl halides is 3. The van der Waals surface area contributed by atoms with Crippen molar-refractivity contribution < 1.29 is 38.3 Å². The Bertz CT molecular complexity index is 1000. The fraction of sp³-hybridized carbons (Fsp3) is 0.538. The molecule has 0 amide bonds. The number of ether oxygens (including phenoxy) is 1. The molecule has 0 bridgehead atoms. The van der Waals surface area contributed by atoms with Gasteiger partial charge in [0.05, 0.1) is 13.0 Å². The number of halogens is 3. The number of hydrogen-bond acceptors (Lipinski definition) is 5. The highest BCUT2D eigenvalue weighted by atomic mass is 19.4. The van der Waals surface area contributed by atoms with Crippen LogP contribution in [0, 0.1) is 0 Å². The number of aliphatic hydroxyl groups excluding tert-OH is 4. The molecule has 1 fully saturated rings. The Kier molecular flexibility index (Phi) is 7.36. The predicted octanol–water partition coefficient (Wildman–Crippen LogP) is 2.95. The van der Waals surface area contributed by atoms with E-state index in [0.717, 1.165) is 41.5 Å². The largest absolute Gasteiger partial charge is 0.394 e.